The van der Waals surface area contributed by atoms with Crippen LogP contribution in [0.1, 0.15) is 17.5 Å². The SMILES string of the molecule is FC(F)(F)OCCCNCc1ccccc1C(F)(F)F. The van der Waals surface area contributed by atoms with Gasteiger partial charge in [-0.05, 0) is 24.6 Å². The molecule has 1 aromatic rings. The Labute approximate surface area is 111 Å². The summed E-state index contributed by atoms with van der Waals surface area (Å²) in [6, 6.07) is 5.04. The number of rotatable bonds is 6. The van der Waals surface area contributed by atoms with Crippen molar-refractivity contribution in [3.8, 4) is 0 Å². The summed E-state index contributed by atoms with van der Waals surface area (Å²) in [6.45, 7) is -0.471. The number of nitrogens with one attached hydrogen (secondary N) is 1. The average Bonchev–Trinajstić information content (AvgIpc) is 2.31. The van der Waals surface area contributed by atoms with E-state index in [9.17, 15) is 26.3 Å². The molecule has 8 heteroatoms. The molecule has 0 aromatic heterocycles. The van der Waals surface area contributed by atoms with E-state index >= 15 is 0 Å². The molecule has 0 unspecified atom stereocenters. The first-order valence-electron chi connectivity index (χ1n) is 5.76. The molecule has 2 nitrogen and oxygen atoms in total. The van der Waals surface area contributed by atoms with Gasteiger partial charge in [0.05, 0.1) is 12.2 Å². The zero-order valence-electron chi connectivity index (χ0n) is 10.3. The zero-order chi connectivity index (χ0) is 15.2. The molecule has 0 heterocycles. The number of alkyl halides is 6. The fraction of sp³-hybridized carbons (Fsp3) is 0.500. The zero-order valence-corrected chi connectivity index (χ0v) is 10.3. The molecule has 114 valence electrons. The van der Waals surface area contributed by atoms with Crippen LogP contribution in [-0.4, -0.2) is 19.5 Å². The fourth-order valence-electron chi connectivity index (χ4n) is 1.56. The van der Waals surface area contributed by atoms with Crippen LogP contribution >= 0.6 is 0 Å². The lowest BCUT2D eigenvalue weighted by Crippen LogP contribution is -2.21. The first-order valence-corrected chi connectivity index (χ1v) is 5.76. The molecule has 0 radical (unpaired) electrons. The van der Waals surface area contributed by atoms with Gasteiger partial charge in [-0.1, -0.05) is 18.2 Å². The van der Waals surface area contributed by atoms with Gasteiger partial charge in [0.25, 0.3) is 0 Å². The molecule has 0 spiro atoms. The van der Waals surface area contributed by atoms with Gasteiger partial charge in [-0.15, -0.1) is 13.2 Å². The van der Waals surface area contributed by atoms with Gasteiger partial charge in [0.15, 0.2) is 0 Å². The van der Waals surface area contributed by atoms with Crippen molar-refractivity contribution in [3.05, 3.63) is 35.4 Å². The molecule has 0 bridgehead atoms. The third-order valence-corrected chi connectivity index (χ3v) is 2.40. The molecule has 0 atom stereocenters. The third-order valence-electron chi connectivity index (χ3n) is 2.40. The maximum atomic E-state index is 12.6. The molecule has 0 amide bonds. The summed E-state index contributed by atoms with van der Waals surface area (Å²) in [6.07, 6.45) is -9.08. The van der Waals surface area contributed by atoms with Crippen molar-refractivity contribution in [2.75, 3.05) is 13.2 Å². The number of benzene rings is 1. The Morgan fingerprint density at radius 2 is 1.65 bits per heavy atom. The molecular weight excluding hydrogens is 288 g/mol. The third kappa shape index (κ3) is 6.25. The van der Waals surface area contributed by atoms with Crippen LogP contribution in [0.4, 0.5) is 26.3 Å². The predicted molar refractivity (Wildman–Crippen MR) is 59.8 cm³/mol. The van der Waals surface area contributed by atoms with Crippen molar-refractivity contribution in [2.45, 2.75) is 25.5 Å². The second kappa shape index (κ2) is 6.94. The maximum absolute atomic E-state index is 12.6. The minimum Gasteiger partial charge on any atom is -0.313 e. The molecule has 20 heavy (non-hydrogen) atoms. The molecule has 0 saturated carbocycles. The van der Waals surface area contributed by atoms with E-state index in [2.05, 4.69) is 10.1 Å². The van der Waals surface area contributed by atoms with Crippen molar-refractivity contribution in [1.82, 2.24) is 5.32 Å². The van der Waals surface area contributed by atoms with Crippen LogP contribution in [0.15, 0.2) is 24.3 Å². The lowest BCUT2D eigenvalue weighted by Gasteiger charge is -2.13. The van der Waals surface area contributed by atoms with Gasteiger partial charge in [-0.3, -0.25) is 4.74 Å². The molecule has 0 fully saturated rings. The fourth-order valence-corrected chi connectivity index (χ4v) is 1.56. The highest BCUT2D eigenvalue weighted by atomic mass is 19.4. The van der Waals surface area contributed by atoms with Crippen molar-refractivity contribution in [2.24, 2.45) is 0 Å². The summed E-state index contributed by atoms with van der Waals surface area (Å²) in [4.78, 5) is 0. The summed E-state index contributed by atoms with van der Waals surface area (Å²) >= 11 is 0. The van der Waals surface area contributed by atoms with E-state index in [-0.39, 0.29) is 25.1 Å². The molecule has 1 rings (SSSR count). The molecule has 0 aliphatic rings. The Morgan fingerprint density at radius 3 is 2.25 bits per heavy atom. The van der Waals surface area contributed by atoms with E-state index in [1.807, 2.05) is 0 Å². The Bertz CT molecular complexity index is 415. The molecule has 1 N–H and O–H groups in total. The van der Waals surface area contributed by atoms with Gasteiger partial charge in [0.2, 0.25) is 0 Å². The predicted octanol–water partition coefficient (Wildman–Crippen LogP) is 3.72. The monoisotopic (exact) mass is 301 g/mol. The lowest BCUT2D eigenvalue weighted by molar-refractivity contribution is -0.324. The van der Waals surface area contributed by atoms with Crippen molar-refractivity contribution in [1.29, 1.82) is 0 Å². The molecule has 0 saturated heterocycles. The lowest BCUT2D eigenvalue weighted by atomic mass is 10.1. The van der Waals surface area contributed by atoms with E-state index in [0.29, 0.717) is 0 Å². The number of hydrogen-bond acceptors (Lipinski definition) is 2. The van der Waals surface area contributed by atoms with Crippen molar-refractivity contribution < 1.29 is 31.1 Å². The van der Waals surface area contributed by atoms with E-state index in [4.69, 9.17) is 0 Å². The van der Waals surface area contributed by atoms with E-state index in [0.717, 1.165) is 6.07 Å². The molecule has 0 aliphatic carbocycles. The second-order valence-electron chi connectivity index (χ2n) is 3.98. The van der Waals surface area contributed by atoms with Crippen LogP contribution in [0.5, 0.6) is 0 Å². The van der Waals surface area contributed by atoms with Gasteiger partial charge in [0.1, 0.15) is 0 Å². The molecular formula is C12H13F6NO. The highest BCUT2D eigenvalue weighted by Crippen LogP contribution is 2.31. The van der Waals surface area contributed by atoms with E-state index in [1.165, 1.54) is 18.2 Å². The summed E-state index contributed by atoms with van der Waals surface area (Å²) in [5.74, 6) is 0. The smallest absolute Gasteiger partial charge is 0.313 e. The van der Waals surface area contributed by atoms with Crippen LogP contribution in [0, 0.1) is 0 Å². The quantitative estimate of drug-likeness (QED) is 0.638. The summed E-state index contributed by atoms with van der Waals surface area (Å²) < 4.78 is 76.4. The highest BCUT2D eigenvalue weighted by molar-refractivity contribution is 5.29. The topological polar surface area (TPSA) is 21.3 Å². The Hall–Kier alpha value is -1.28. The Kier molecular flexibility index (Phi) is 5.82. The average molecular weight is 301 g/mol. The summed E-state index contributed by atoms with van der Waals surface area (Å²) in [5.41, 5.74) is -0.698. The van der Waals surface area contributed by atoms with E-state index < -0.39 is 24.7 Å². The summed E-state index contributed by atoms with van der Waals surface area (Å²) in [5, 5.41) is 2.65. The van der Waals surface area contributed by atoms with Crippen LogP contribution in [0.3, 0.4) is 0 Å². The minimum absolute atomic E-state index is 0.0493. The van der Waals surface area contributed by atoms with Gasteiger partial charge >= 0.3 is 12.5 Å². The second-order valence-corrected chi connectivity index (χ2v) is 3.98. The number of ether oxygens (including phenoxy) is 1. The molecule has 0 aliphatic heterocycles. The minimum atomic E-state index is -4.68. The van der Waals surface area contributed by atoms with Crippen molar-refractivity contribution >= 4 is 0 Å². The maximum Gasteiger partial charge on any atom is 0.522 e. The highest BCUT2D eigenvalue weighted by Gasteiger charge is 2.32. The number of hydrogen-bond donors (Lipinski definition) is 1. The van der Waals surface area contributed by atoms with Crippen molar-refractivity contribution in [3.63, 3.8) is 0 Å². The van der Waals surface area contributed by atoms with Crippen LogP contribution in [0.2, 0.25) is 0 Å². The van der Waals surface area contributed by atoms with Crippen LogP contribution in [-0.2, 0) is 17.5 Å². The Balaban J connectivity index is 2.36. The number of halogens is 6. The van der Waals surface area contributed by atoms with Crippen LogP contribution in [0.25, 0.3) is 0 Å². The molecule has 1 aromatic carbocycles. The van der Waals surface area contributed by atoms with Gasteiger partial charge < -0.3 is 5.32 Å². The standard InChI is InChI=1S/C12H13F6NO/c13-11(14,15)10-5-2-1-4-9(10)8-19-6-3-7-20-12(16,17)18/h1-2,4-5,19H,3,6-8H2. The van der Waals surface area contributed by atoms with E-state index in [1.54, 1.807) is 0 Å². The van der Waals surface area contributed by atoms with Gasteiger partial charge in [-0.2, -0.15) is 13.2 Å². The normalized spacial score (nSPS) is 12.7. The summed E-state index contributed by atoms with van der Waals surface area (Å²) in [7, 11) is 0. The Morgan fingerprint density at radius 1 is 1.00 bits per heavy atom. The first-order chi connectivity index (χ1) is 9.20. The largest absolute Gasteiger partial charge is 0.522 e. The first kappa shape index (κ1) is 16.8. The van der Waals surface area contributed by atoms with Gasteiger partial charge in [-0.25, -0.2) is 0 Å². The van der Waals surface area contributed by atoms with Crippen LogP contribution < -0.4 is 5.32 Å². The van der Waals surface area contributed by atoms with Gasteiger partial charge in [0, 0.05) is 6.54 Å².